The number of imide groups is 1. The van der Waals surface area contributed by atoms with Crippen molar-refractivity contribution < 1.29 is 14.4 Å². The number of amides is 3. The third-order valence-electron chi connectivity index (χ3n) is 4.91. The highest BCUT2D eigenvalue weighted by Gasteiger charge is 2.59. The summed E-state index contributed by atoms with van der Waals surface area (Å²) >= 11 is 0. The lowest BCUT2D eigenvalue weighted by Crippen LogP contribution is -2.42. The average Bonchev–Trinajstić information content (AvgIpc) is 3.08. The van der Waals surface area contributed by atoms with E-state index in [2.05, 4.69) is 31.3 Å². The number of rotatable bonds is 5. The van der Waals surface area contributed by atoms with Crippen LogP contribution in [-0.2, 0) is 14.4 Å². The monoisotopic (exact) mass is 290 g/mol. The molecule has 0 aromatic heterocycles. The zero-order valence-electron chi connectivity index (χ0n) is 12.5. The van der Waals surface area contributed by atoms with Crippen LogP contribution in [0.25, 0.3) is 0 Å². The normalized spacial score (nSPS) is 33.2. The highest BCUT2D eigenvalue weighted by atomic mass is 16.2. The molecule has 0 radical (unpaired) electrons. The average molecular weight is 290 g/mol. The quantitative estimate of drug-likeness (QED) is 0.606. The highest BCUT2D eigenvalue weighted by molar-refractivity contribution is 6.08. The van der Waals surface area contributed by atoms with Crippen molar-refractivity contribution in [1.29, 1.82) is 0 Å². The van der Waals surface area contributed by atoms with Crippen molar-refractivity contribution in [2.45, 2.75) is 26.7 Å². The van der Waals surface area contributed by atoms with E-state index in [0.29, 0.717) is 12.5 Å². The minimum atomic E-state index is -0.238. The summed E-state index contributed by atoms with van der Waals surface area (Å²) in [6.07, 6.45) is 5.93. The SMILES string of the molecule is CC(C)CCNC(=O)CN1C(=O)[C@@H]2[C@@H](C1=O)[C@H]1C=C[C@@H]2C1. The molecule has 1 N–H and O–H groups in total. The van der Waals surface area contributed by atoms with Gasteiger partial charge in [-0.1, -0.05) is 26.0 Å². The van der Waals surface area contributed by atoms with E-state index in [1.165, 1.54) is 4.90 Å². The molecule has 4 atom stereocenters. The van der Waals surface area contributed by atoms with E-state index < -0.39 is 0 Å². The van der Waals surface area contributed by atoms with Crippen molar-refractivity contribution in [2.24, 2.45) is 29.6 Å². The van der Waals surface area contributed by atoms with Gasteiger partial charge in [-0.25, -0.2) is 0 Å². The molecular weight excluding hydrogens is 268 g/mol. The first-order valence-electron chi connectivity index (χ1n) is 7.79. The van der Waals surface area contributed by atoms with E-state index in [1.54, 1.807) is 0 Å². The predicted molar refractivity (Wildman–Crippen MR) is 76.9 cm³/mol. The van der Waals surface area contributed by atoms with Crippen molar-refractivity contribution in [3.8, 4) is 0 Å². The molecule has 3 amide bonds. The zero-order chi connectivity index (χ0) is 15.1. The van der Waals surface area contributed by atoms with Crippen LogP contribution in [0.2, 0.25) is 0 Å². The molecule has 21 heavy (non-hydrogen) atoms. The number of carbonyl (C=O) groups is 3. The van der Waals surface area contributed by atoms with Gasteiger partial charge in [0.25, 0.3) is 0 Å². The fourth-order valence-electron chi connectivity index (χ4n) is 3.82. The van der Waals surface area contributed by atoms with Gasteiger partial charge in [-0.3, -0.25) is 19.3 Å². The van der Waals surface area contributed by atoms with Crippen molar-refractivity contribution in [1.82, 2.24) is 10.2 Å². The molecule has 1 saturated carbocycles. The first kappa shape index (κ1) is 14.3. The van der Waals surface area contributed by atoms with Gasteiger partial charge in [-0.15, -0.1) is 0 Å². The minimum Gasteiger partial charge on any atom is -0.355 e. The Kier molecular flexibility index (Phi) is 3.59. The number of nitrogens with zero attached hydrogens (tertiary/aromatic N) is 1. The van der Waals surface area contributed by atoms with E-state index in [0.717, 1.165) is 12.8 Å². The molecule has 5 heteroatoms. The first-order valence-corrected chi connectivity index (χ1v) is 7.79. The van der Waals surface area contributed by atoms with E-state index in [-0.39, 0.29) is 47.9 Å². The van der Waals surface area contributed by atoms with Gasteiger partial charge >= 0.3 is 0 Å². The summed E-state index contributed by atoms with van der Waals surface area (Å²) in [5.41, 5.74) is 0. The molecule has 1 saturated heterocycles. The number of hydrogen-bond acceptors (Lipinski definition) is 3. The Bertz CT molecular complexity index is 482. The van der Waals surface area contributed by atoms with Gasteiger partial charge in [0.15, 0.2) is 0 Å². The second-order valence-electron chi connectivity index (χ2n) is 6.79. The summed E-state index contributed by atoms with van der Waals surface area (Å²) in [5, 5.41) is 2.79. The highest BCUT2D eigenvalue weighted by Crippen LogP contribution is 2.52. The number of nitrogens with one attached hydrogen (secondary N) is 1. The van der Waals surface area contributed by atoms with E-state index in [4.69, 9.17) is 0 Å². The lowest BCUT2D eigenvalue weighted by Gasteiger charge is -2.17. The Morgan fingerprint density at radius 2 is 1.81 bits per heavy atom. The third-order valence-corrected chi connectivity index (χ3v) is 4.91. The maximum Gasteiger partial charge on any atom is 0.240 e. The van der Waals surface area contributed by atoms with Crippen LogP contribution in [-0.4, -0.2) is 35.7 Å². The number of likely N-dealkylation sites (tertiary alicyclic amines) is 1. The summed E-state index contributed by atoms with van der Waals surface area (Å²) < 4.78 is 0. The number of fused-ring (bicyclic) bond motifs is 5. The number of allylic oxidation sites excluding steroid dienone is 2. The molecule has 0 aromatic carbocycles. The first-order chi connectivity index (χ1) is 9.99. The lowest BCUT2D eigenvalue weighted by atomic mass is 9.85. The van der Waals surface area contributed by atoms with Gasteiger partial charge in [-0.2, -0.15) is 0 Å². The Morgan fingerprint density at radius 1 is 1.24 bits per heavy atom. The fraction of sp³-hybridized carbons (Fsp3) is 0.688. The van der Waals surface area contributed by atoms with Gasteiger partial charge in [-0.05, 0) is 30.6 Å². The molecule has 0 spiro atoms. The van der Waals surface area contributed by atoms with Crippen LogP contribution >= 0.6 is 0 Å². The van der Waals surface area contributed by atoms with Crippen LogP contribution in [0.3, 0.4) is 0 Å². The maximum atomic E-state index is 12.4. The summed E-state index contributed by atoms with van der Waals surface area (Å²) in [4.78, 5) is 37.9. The fourth-order valence-corrected chi connectivity index (χ4v) is 3.82. The van der Waals surface area contributed by atoms with Crippen molar-refractivity contribution >= 4 is 17.7 Å². The van der Waals surface area contributed by atoms with Crippen LogP contribution in [0.5, 0.6) is 0 Å². The third kappa shape index (κ3) is 2.39. The van der Waals surface area contributed by atoms with Crippen LogP contribution in [0.1, 0.15) is 26.7 Å². The van der Waals surface area contributed by atoms with Crippen molar-refractivity contribution in [3.63, 3.8) is 0 Å². The lowest BCUT2D eigenvalue weighted by molar-refractivity contribution is -0.144. The molecule has 3 rings (SSSR count). The van der Waals surface area contributed by atoms with Crippen LogP contribution in [0, 0.1) is 29.6 Å². The van der Waals surface area contributed by atoms with Crippen molar-refractivity contribution in [3.05, 3.63) is 12.2 Å². The van der Waals surface area contributed by atoms with Crippen LogP contribution in [0.4, 0.5) is 0 Å². The summed E-state index contributed by atoms with van der Waals surface area (Å²) in [7, 11) is 0. The summed E-state index contributed by atoms with van der Waals surface area (Å²) in [6, 6.07) is 0. The van der Waals surface area contributed by atoms with Crippen LogP contribution in [0.15, 0.2) is 12.2 Å². The topological polar surface area (TPSA) is 66.5 Å². The van der Waals surface area contributed by atoms with Gasteiger partial charge in [0.1, 0.15) is 6.54 Å². The zero-order valence-corrected chi connectivity index (χ0v) is 12.5. The molecule has 114 valence electrons. The Hall–Kier alpha value is -1.65. The second-order valence-corrected chi connectivity index (χ2v) is 6.79. The summed E-state index contributed by atoms with van der Waals surface area (Å²) in [5.74, 6) is -0.0522. The number of hydrogen-bond donors (Lipinski definition) is 1. The molecule has 2 bridgehead atoms. The Labute approximate surface area is 124 Å². The van der Waals surface area contributed by atoms with Gasteiger partial charge < -0.3 is 5.32 Å². The van der Waals surface area contributed by atoms with E-state index in [9.17, 15) is 14.4 Å². The molecule has 5 nitrogen and oxygen atoms in total. The van der Waals surface area contributed by atoms with Gasteiger partial charge in [0, 0.05) is 6.54 Å². The Morgan fingerprint density at radius 3 is 2.33 bits per heavy atom. The maximum absolute atomic E-state index is 12.4. The molecule has 0 unspecified atom stereocenters. The largest absolute Gasteiger partial charge is 0.355 e. The summed E-state index contributed by atoms with van der Waals surface area (Å²) in [6.45, 7) is 4.64. The van der Waals surface area contributed by atoms with Crippen LogP contribution < -0.4 is 5.32 Å². The van der Waals surface area contributed by atoms with Gasteiger partial charge in [0.2, 0.25) is 17.7 Å². The molecule has 1 aliphatic heterocycles. The Balaban J connectivity index is 1.59. The molecule has 2 fully saturated rings. The van der Waals surface area contributed by atoms with Gasteiger partial charge in [0.05, 0.1) is 11.8 Å². The molecule has 3 aliphatic rings. The second kappa shape index (κ2) is 5.28. The van der Waals surface area contributed by atoms with E-state index in [1.807, 2.05) is 0 Å². The molecule has 2 aliphatic carbocycles. The standard InChI is InChI=1S/C16H22N2O3/c1-9(2)5-6-17-12(19)8-18-15(20)13-10-3-4-11(7-10)14(13)16(18)21/h3-4,9-11,13-14H,5-8H2,1-2H3,(H,17,19)/t10-,11+,13-,14-/m0/s1. The number of carbonyl (C=O) groups excluding carboxylic acids is 3. The van der Waals surface area contributed by atoms with Crippen molar-refractivity contribution in [2.75, 3.05) is 13.1 Å². The van der Waals surface area contributed by atoms with E-state index >= 15 is 0 Å². The molecular formula is C16H22N2O3. The predicted octanol–water partition coefficient (Wildman–Crippen LogP) is 0.956. The smallest absolute Gasteiger partial charge is 0.240 e. The molecule has 0 aromatic rings. The molecule has 1 heterocycles. The minimum absolute atomic E-state index is 0.123.